The van der Waals surface area contributed by atoms with Crippen LogP contribution in [0.2, 0.25) is 0 Å². The van der Waals surface area contributed by atoms with Crippen molar-refractivity contribution in [3.63, 3.8) is 0 Å². The average molecular weight is 413 g/mol. The molecule has 0 saturated heterocycles. The van der Waals surface area contributed by atoms with Crippen LogP contribution in [0.3, 0.4) is 0 Å². The molecule has 0 aromatic heterocycles. The summed E-state index contributed by atoms with van der Waals surface area (Å²) in [7, 11) is 0. The summed E-state index contributed by atoms with van der Waals surface area (Å²) in [4.78, 5) is 16.6. The number of guanidine groups is 1. The molecule has 7 heteroatoms. The Morgan fingerprint density at radius 2 is 1.73 bits per heavy atom. The number of aromatic hydroxyl groups is 1. The number of rotatable bonds is 11. The second-order valence-corrected chi connectivity index (χ2v) is 6.77. The SMILES string of the molecule is CCNC(=NCCCOC(C)c1ccccc1)NCCNC(=O)c1ccc(O)cc1. The molecule has 4 N–H and O–H groups in total. The van der Waals surface area contributed by atoms with Crippen LogP contribution in [-0.2, 0) is 4.74 Å². The van der Waals surface area contributed by atoms with Crippen LogP contribution in [0.25, 0.3) is 0 Å². The fraction of sp³-hybridized carbons (Fsp3) is 0.391. The van der Waals surface area contributed by atoms with Gasteiger partial charge in [0, 0.05) is 38.3 Å². The van der Waals surface area contributed by atoms with Crippen LogP contribution in [0.5, 0.6) is 5.75 Å². The number of phenols is 1. The third kappa shape index (κ3) is 8.53. The molecule has 0 spiro atoms. The highest BCUT2D eigenvalue weighted by atomic mass is 16.5. The van der Waals surface area contributed by atoms with Gasteiger partial charge in [0.25, 0.3) is 5.91 Å². The topological polar surface area (TPSA) is 95.0 Å². The summed E-state index contributed by atoms with van der Waals surface area (Å²) in [5.41, 5.74) is 1.68. The van der Waals surface area contributed by atoms with Crippen molar-refractivity contribution in [3.05, 3.63) is 65.7 Å². The molecule has 0 saturated carbocycles. The molecule has 1 unspecified atom stereocenters. The Kier molecular flexibility index (Phi) is 10.2. The van der Waals surface area contributed by atoms with Crippen molar-refractivity contribution in [3.8, 4) is 5.75 Å². The van der Waals surface area contributed by atoms with E-state index in [-0.39, 0.29) is 17.8 Å². The van der Waals surface area contributed by atoms with E-state index in [1.807, 2.05) is 25.1 Å². The predicted molar refractivity (Wildman–Crippen MR) is 120 cm³/mol. The quantitative estimate of drug-likeness (QED) is 0.259. The van der Waals surface area contributed by atoms with Gasteiger partial charge < -0.3 is 25.8 Å². The summed E-state index contributed by atoms with van der Waals surface area (Å²) >= 11 is 0. The maximum Gasteiger partial charge on any atom is 0.251 e. The fourth-order valence-electron chi connectivity index (χ4n) is 2.75. The first-order valence-corrected chi connectivity index (χ1v) is 10.4. The normalized spacial score (nSPS) is 12.3. The van der Waals surface area contributed by atoms with Crippen molar-refractivity contribution in [2.45, 2.75) is 26.4 Å². The smallest absolute Gasteiger partial charge is 0.251 e. The maximum atomic E-state index is 12.0. The summed E-state index contributed by atoms with van der Waals surface area (Å²) < 4.78 is 5.87. The highest BCUT2D eigenvalue weighted by molar-refractivity contribution is 5.94. The minimum atomic E-state index is -0.177. The van der Waals surface area contributed by atoms with Gasteiger partial charge in [0.1, 0.15) is 5.75 Å². The zero-order chi connectivity index (χ0) is 21.6. The Hall–Kier alpha value is -3.06. The van der Waals surface area contributed by atoms with Crippen LogP contribution in [0.1, 0.15) is 42.3 Å². The molecule has 0 fully saturated rings. The number of hydrogen-bond donors (Lipinski definition) is 4. The number of phenolic OH excluding ortho intramolecular Hbond substituents is 1. The van der Waals surface area contributed by atoms with E-state index in [1.54, 1.807) is 12.1 Å². The number of carbonyl (C=O) groups excluding carboxylic acids is 1. The van der Waals surface area contributed by atoms with Crippen LogP contribution in [0, 0.1) is 0 Å². The predicted octanol–water partition coefficient (Wildman–Crippen LogP) is 2.85. The molecule has 0 aliphatic heterocycles. The zero-order valence-electron chi connectivity index (χ0n) is 17.7. The second-order valence-electron chi connectivity index (χ2n) is 6.77. The number of aliphatic imine (C=N–C) groups is 1. The molecule has 2 rings (SSSR count). The Labute approximate surface area is 178 Å². The van der Waals surface area contributed by atoms with Crippen molar-refractivity contribution in [1.29, 1.82) is 0 Å². The highest BCUT2D eigenvalue weighted by Gasteiger charge is 2.05. The van der Waals surface area contributed by atoms with E-state index in [0.717, 1.165) is 13.0 Å². The molecule has 0 aliphatic rings. The minimum absolute atomic E-state index is 0.0683. The van der Waals surface area contributed by atoms with Crippen LogP contribution in [-0.4, -0.2) is 49.8 Å². The third-order valence-electron chi connectivity index (χ3n) is 4.39. The second kappa shape index (κ2) is 13.2. The highest BCUT2D eigenvalue weighted by Crippen LogP contribution is 2.15. The molecule has 7 nitrogen and oxygen atoms in total. The first kappa shape index (κ1) is 23.2. The number of hydrogen-bond acceptors (Lipinski definition) is 4. The summed E-state index contributed by atoms with van der Waals surface area (Å²) in [6, 6.07) is 16.3. The molecule has 1 amide bonds. The van der Waals surface area contributed by atoms with Crippen LogP contribution in [0.4, 0.5) is 0 Å². The van der Waals surface area contributed by atoms with Crippen LogP contribution >= 0.6 is 0 Å². The maximum absolute atomic E-state index is 12.0. The lowest BCUT2D eigenvalue weighted by Crippen LogP contribution is -2.41. The molecule has 0 radical (unpaired) electrons. The van der Waals surface area contributed by atoms with E-state index >= 15 is 0 Å². The number of ether oxygens (including phenoxy) is 1. The standard InChI is InChI=1S/C23H32N4O3/c1-3-24-23(26-14-7-17-30-18(2)19-8-5-4-6-9-19)27-16-15-25-22(29)20-10-12-21(28)13-11-20/h4-6,8-13,18,28H,3,7,14-17H2,1-2H3,(H,25,29)(H2,24,26,27). The Morgan fingerprint density at radius 3 is 2.43 bits per heavy atom. The van der Waals surface area contributed by atoms with Gasteiger partial charge in [-0.15, -0.1) is 0 Å². The fourth-order valence-corrected chi connectivity index (χ4v) is 2.75. The first-order valence-electron chi connectivity index (χ1n) is 10.4. The number of amides is 1. The lowest BCUT2D eigenvalue weighted by molar-refractivity contribution is 0.0652. The van der Waals surface area contributed by atoms with Crippen LogP contribution in [0.15, 0.2) is 59.6 Å². The Morgan fingerprint density at radius 1 is 1.03 bits per heavy atom. The Balaban J connectivity index is 1.64. The third-order valence-corrected chi connectivity index (χ3v) is 4.39. The summed E-state index contributed by atoms with van der Waals surface area (Å²) in [6.07, 6.45) is 0.893. The number of nitrogens with zero attached hydrogens (tertiary/aromatic N) is 1. The van der Waals surface area contributed by atoms with E-state index in [4.69, 9.17) is 4.74 Å². The van der Waals surface area contributed by atoms with E-state index in [2.05, 4.69) is 40.0 Å². The van der Waals surface area contributed by atoms with Gasteiger partial charge in [-0.1, -0.05) is 30.3 Å². The molecule has 2 aromatic rings. The Bertz CT molecular complexity index is 779. The van der Waals surface area contributed by atoms with E-state index in [9.17, 15) is 9.90 Å². The van der Waals surface area contributed by atoms with Crippen molar-refractivity contribution < 1.29 is 14.6 Å². The van der Waals surface area contributed by atoms with Gasteiger partial charge in [0.05, 0.1) is 6.10 Å². The molecule has 2 aromatic carbocycles. The zero-order valence-corrected chi connectivity index (χ0v) is 17.7. The van der Waals surface area contributed by atoms with Crippen molar-refractivity contribution in [1.82, 2.24) is 16.0 Å². The van der Waals surface area contributed by atoms with E-state index in [1.165, 1.54) is 17.7 Å². The molecular formula is C23H32N4O3. The monoisotopic (exact) mass is 412 g/mol. The summed E-state index contributed by atoms with van der Waals surface area (Å²) in [5, 5.41) is 18.5. The molecule has 162 valence electrons. The molecule has 0 bridgehead atoms. The number of carbonyl (C=O) groups is 1. The first-order chi connectivity index (χ1) is 14.6. The van der Waals surface area contributed by atoms with Crippen LogP contribution < -0.4 is 16.0 Å². The van der Waals surface area contributed by atoms with Crippen molar-refractivity contribution in [2.24, 2.45) is 4.99 Å². The van der Waals surface area contributed by atoms with E-state index < -0.39 is 0 Å². The van der Waals surface area contributed by atoms with Gasteiger partial charge in [0.2, 0.25) is 0 Å². The van der Waals surface area contributed by atoms with E-state index in [0.29, 0.717) is 37.8 Å². The number of nitrogens with one attached hydrogen (secondary N) is 3. The van der Waals surface area contributed by atoms with Gasteiger partial charge in [-0.05, 0) is 50.1 Å². The summed E-state index contributed by atoms with van der Waals surface area (Å²) in [5.74, 6) is 0.676. The molecule has 0 heterocycles. The van der Waals surface area contributed by atoms with Gasteiger partial charge >= 0.3 is 0 Å². The van der Waals surface area contributed by atoms with Gasteiger partial charge in [-0.25, -0.2) is 0 Å². The lowest BCUT2D eigenvalue weighted by Gasteiger charge is -2.14. The summed E-state index contributed by atoms with van der Waals surface area (Å²) in [6.45, 7) is 7.12. The lowest BCUT2D eigenvalue weighted by atomic mass is 10.1. The van der Waals surface area contributed by atoms with Gasteiger partial charge in [-0.3, -0.25) is 9.79 Å². The van der Waals surface area contributed by atoms with Gasteiger partial charge in [0.15, 0.2) is 5.96 Å². The average Bonchev–Trinajstić information content (AvgIpc) is 2.77. The van der Waals surface area contributed by atoms with Crippen molar-refractivity contribution >= 4 is 11.9 Å². The molecule has 30 heavy (non-hydrogen) atoms. The molecule has 0 aliphatic carbocycles. The van der Waals surface area contributed by atoms with Crippen molar-refractivity contribution in [2.75, 3.05) is 32.8 Å². The minimum Gasteiger partial charge on any atom is -0.508 e. The molecule has 1 atom stereocenters. The van der Waals surface area contributed by atoms with Gasteiger partial charge in [-0.2, -0.15) is 0 Å². The largest absolute Gasteiger partial charge is 0.508 e. The number of benzene rings is 2. The molecular weight excluding hydrogens is 380 g/mol.